The van der Waals surface area contributed by atoms with Crippen LogP contribution in [0, 0.1) is 5.92 Å². The van der Waals surface area contributed by atoms with Gasteiger partial charge in [-0.2, -0.15) is 13.2 Å². The molecule has 1 saturated carbocycles. The summed E-state index contributed by atoms with van der Waals surface area (Å²) >= 11 is 0. The summed E-state index contributed by atoms with van der Waals surface area (Å²) in [6, 6.07) is 5.95. The Morgan fingerprint density at radius 2 is 1.92 bits per heavy atom. The smallest absolute Gasteiger partial charge is 0.389 e. The monoisotopic (exact) mass is 344 g/mol. The molecule has 0 saturated heterocycles. The molecule has 0 aromatic heterocycles. The van der Waals surface area contributed by atoms with Gasteiger partial charge in [0.15, 0.2) is 0 Å². The molecule has 3 N–H and O–H groups in total. The summed E-state index contributed by atoms with van der Waals surface area (Å²) < 4.78 is 37.2. The van der Waals surface area contributed by atoms with Crippen LogP contribution >= 0.6 is 0 Å². The lowest BCUT2D eigenvalue weighted by Crippen LogP contribution is -2.45. The largest absolute Gasteiger partial charge is 0.396 e. The number of carbonyl (C=O) groups is 1. The molecule has 0 spiro atoms. The number of aliphatic hydroxyl groups excluding tert-OH is 1. The van der Waals surface area contributed by atoms with Crippen molar-refractivity contribution in [2.24, 2.45) is 5.92 Å². The number of halogens is 3. The van der Waals surface area contributed by atoms with Crippen molar-refractivity contribution in [3.63, 3.8) is 0 Å². The molecule has 2 amide bonds. The van der Waals surface area contributed by atoms with Crippen molar-refractivity contribution in [1.29, 1.82) is 0 Å². The van der Waals surface area contributed by atoms with E-state index < -0.39 is 18.6 Å². The molecule has 0 bridgehead atoms. The number of rotatable bonds is 5. The average Bonchev–Trinajstić information content (AvgIpc) is 2.53. The number of amides is 2. The van der Waals surface area contributed by atoms with E-state index in [9.17, 15) is 23.1 Å². The van der Waals surface area contributed by atoms with Gasteiger partial charge in [-0.1, -0.05) is 31.0 Å². The normalized spacial score (nSPS) is 21.3. The van der Waals surface area contributed by atoms with Crippen LogP contribution in [-0.4, -0.2) is 30.0 Å². The van der Waals surface area contributed by atoms with E-state index >= 15 is 0 Å². The fraction of sp³-hybridized carbons (Fsp3) is 0.588. The Kier molecular flexibility index (Phi) is 6.48. The molecule has 7 heteroatoms. The van der Waals surface area contributed by atoms with Crippen molar-refractivity contribution in [3.05, 3.63) is 29.8 Å². The summed E-state index contributed by atoms with van der Waals surface area (Å²) in [7, 11) is 0. The lowest BCUT2D eigenvalue weighted by molar-refractivity contribution is -0.133. The lowest BCUT2D eigenvalue weighted by atomic mass is 9.85. The van der Waals surface area contributed by atoms with Gasteiger partial charge in [0.2, 0.25) is 0 Å². The summed E-state index contributed by atoms with van der Waals surface area (Å²) in [6.07, 6.45) is -1.65. The number of alkyl halides is 3. The molecule has 0 heterocycles. The van der Waals surface area contributed by atoms with Gasteiger partial charge in [0.25, 0.3) is 0 Å². The highest BCUT2D eigenvalue weighted by molar-refractivity contribution is 5.90. The maximum Gasteiger partial charge on any atom is 0.389 e. The summed E-state index contributed by atoms with van der Waals surface area (Å²) in [5.41, 5.74) is 0.836. The molecule has 2 atom stereocenters. The van der Waals surface area contributed by atoms with Gasteiger partial charge in [-0.25, -0.2) is 4.79 Å². The zero-order valence-corrected chi connectivity index (χ0v) is 13.4. The Hall–Kier alpha value is -1.76. The quantitative estimate of drug-likeness (QED) is 0.760. The number of aryl methyl sites for hydroxylation is 1. The van der Waals surface area contributed by atoms with Crippen molar-refractivity contribution in [3.8, 4) is 0 Å². The number of hydrogen-bond donors (Lipinski definition) is 3. The first kappa shape index (κ1) is 18.6. The first-order valence-corrected chi connectivity index (χ1v) is 8.22. The molecule has 4 nitrogen and oxygen atoms in total. The first-order chi connectivity index (χ1) is 11.4. The highest BCUT2D eigenvalue weighted by atomic mass is 19.4. The second-order valence-electron chi connectivity index (χ2n) is 6.20. The van der Waals surface area contributed by atoms with Crippen LogP contribution in [0.1, 0.15) is 37.7 Å². The maximum absolute atomic E-state index is 12.4. The van der Waals surface area contributed by atoms with Crippen LogP contribution in [0.5, 0.6) is 0 Å². The summed E-state index contributed by atoms with van der Waals surface area (Å²) in [6.45, 7) is 0.0209. The van der Waals surface area contributed by atoms with E-state index in [0.29, 0.717) is 11.3 Å². The van der Waals surface area contributed by atoms with E-state index in [2.05, 4.69) is 10.6 Å². The molecule has 1 aromatic rings. The summed E-state index contributed by atoms with van der Waals surface area (Å²) in [5, 5.41) is 14.9. The third-order valence-electron chi connectivity index (χ3n) is 4.40. The number of nitrogens with one attached hydrogen (secondary N) is 2. The van der Waals surface area contributed by atoms with E-state index in [1.807, 2.05) is 0 Å². The van der Waals surface area contributed by atoms with Crippen molar-refractivity contribution < 1.29 is 23.1 Å². The Balaban J connectivity index is 1.96. The molecule has 2 rings (SSSR count). The molecular formula is C17H23F3N2O2. The SMILES string of the molecule is O=C(Nc1ccccc1CCC(F)(F)F)NC1CCCCC1CO. The van der Waals surface area contributed by atoms with E-state index in [0.717, 1.165) is 25.7 Å². The van der Waals surface area contributed by atoms with E-state index in [4.69, 9.17) is 0 Å². The van der Waals surface area contributed by atoms with Gasteiger partial charge in [-0.3, -0.25) is 0 Å². The second kappa shape index (κ2) is 8.37. The molecule has 1 fully saturated rings. The Morgan fingerprint density at radius 1 is 1.21 bits per heavy atom. The Labute approximate surface area is 139 Å². The lowest BCUT2D eigenvalue weighted by Gasteiger charge is -2.30. The standard InChI is InChI=1S/C17H23F3N2O2/c18-17(19,20)10-9-12-5-1-3-7-14(12)21-16(24)22-15-8-4-2-6-13(15)11-23/h1,3,5,7,13,15,23H,2,4,6,8-11H2,(H2,21,22,24). The average molecular weight is 344 g/mol. The van der Waals surface area contributed by atoms with E-state index in [-0.39, 0.29) is 25.0 Å². The van der Waals surface area contributed by atoms with Gasteiger partial charge >= 0.3 is 12.2 Å². The van der Waals surface area contributed by atoms with Gasteiger partial charge in [0, 0.05) is 30.7 Å². The van der Waals surface area contributed by atoms with Crippen LogP contribution < -0.4 is 10.6 Å². The third-order valence-corrected chi connectivity index (χ3v) is 4.40. The van der Waals surface area contributed by atoms with Crippen molar-refractivity contribution in [1.82, 2.24) is 5.32 Å². The first-order valence-electron chi connectivity index (χ1n) is 8.22. The molecule has 2 unspecified atom stereocenters. The van der Waals surface area contributed by atoms with Crippen LogP contribution in [-0.2, 0) is 6.42 Å². The van der Waals surface area contributed by atoms with Gasteiger partial charge in [0.1, 0.15) is 0 Å². The molecule has 0 radical (unpaired) electrons. The molecule has 0 aliphatic heterocycles. The highest BCUT2D eigenvalue weighted by Gasteiger charge is 2.28. The number of para-hydroxylation sites is 1. The predicted octanol–water partition coefficient (Wildman–Crippen LogP) is 3.85. The zero-order chi connectivity index (χ0) is 17.6. The molecule has 1 aliphatic carbocycles. The Bertz CT molecular complexity index is 549. The molecule has 1 aromatic carbocycles. The third kappa shape index (κ3) is 5.70. The minimum atomic E-state index is -4.23. The van der Waals surface area contributed by atoms with Crippen molar-refractivity contribution >= 4 is 11.7 Å². The molecule has 134 valence electrons. The van der Waals surface area contributed by atoms with E-state index in [1.165, 1.54) is 0 Å². The Morgan fingerprint density at radius 3 is 2.62 bits per heavy atom. The molecule has 1 aliphatic rings. The minimum Gasteiger partial charge on any atom is -0.396 e. The topological polar surface area (TPSA) is 61.4 Å². The number of anilines is 1. The minimum absolute atomic E-state index is 0.0209. The van der Waals surface area contributed by atoms with Gasteiger partial charge in [-0.05, 0) is 30.9 Å². The van der Waals surface area contributed by atoms with E-state index in [1.54, 1.807) is 24.3 Å². The fourth-order valence-electron chi connectivity index (χ4n) is 3.08. The number of carbonyl (C=O) groups excluding carboxylic acids is 1. The summed E-state index contributed by atoms with van der Waals surface area (Å²) in [4.78, 5) is 12.2. The van der Waals surface area contributed by atoms with Crippen LogP contribution in [0.3, 0.4) is 0 Å². The summed E-state index contributed by atoms with van der Waals surface area (Å²) in [5.74, 6) is 0.0324. The maximum atomic E-state index is 12.4. The highest BCUT2D eigenvalue weighted by Crippen LogP contribution is 2.26. The number of urea groups is 1. The van der Waals surface area contributed by atoms with Gasteiger partial charge in [-0.15, -0.1) is 0 Å². The number of benzene rings is 1. The molecular weight excluding hydrogens is 321 g/mol. The van der Waals surface area contributed by atoms with Crippen molar-refractivity contribution in [2.75, 3.05) is 11.9 Å². The number of hydrogen-bond acceptors (Lipinski definition) is 2. The fourth-order valence-corrected chi connectivity index (χ4v) is 3.08. The van der Waals surface area contributed by atoms with Gasteiger partial charge in [0.05, 0.1) is 0 Å². The van der Waals surface area contributed by atoms with Crippen LogP contribution in [0.2, 0.25) is 0 Å². The van der Waals surface area contributed by atoms with Crippen molar-refractivity contribution in [2.45, 2.75) is 50.7 Å². The van der Waals surface area contributed by atoms with Crippen LogP contribution in [0.4, 0.5) is 23.7 Å². The van der Waals surface area contributed by atoms with Crippen LogP contribution in [0.25, 0.3) is 0 Å². The van der Waals surface area contributed by atoms with Crippen LogP contribution in [0.15, 0.2) is 24.3 Å². The molecule has 24 heavy (non-hydrogen) atoms. The second-order valence-corrected chi connectivity index (χ2v) is 6.20. The number of aliphatic hydroxyl groups is 1. The predicted molar refractivity (Wildman–Crippen MR) is 85.8 cm³/mol. The van der Waals surface area contributed by atoms with Gasteiger partial charge < -0.3 is 15.7 Å². The zero-order valence-electron chi connectivity index (χ0n) is 13.4.